The van der Waals surface area contributed by atoms with E-state index in [0.29, 0.717) is 22.4 Å². The lowest BCUT2D eigenvalue weighted by Crippen LogP contribution is -2.37. The summed E-state index contributed by atoms with van der Waals surface area (Å²) in [4.78, 5) is 39.0. The molecule has 1 aliphatic rings. The Morgan fingerprint density at radius 3 is 2.73 bits per heavy atom. The van der Waals surface area contributed by atoms with Gasteiger partial charge in [-0.2, -0.15) is 5.26 Å². The molecule has 33 heavy (non-hydrogen) atoms. The number of aromatic nitrogens is 3. The van der Waals surface area contributed by atoms with Crippen LogP contribution in [-0.4, -0.2) is 44.9 Å². The number of nitriles is 1. The molecule has 1 amide bonds. The number of fused-ring (bicyclic) bond motifs is 3. The smallest absolute Gasteiger partial charge is 0.341 e. The van der Waals surface area contributed by atoms with Crippen LogP contribution in [-0.2, 0) is 14.9 Å². The van der Waals surface area contributed by atoms with Crippen molar-refractivity contribution < 1.29 is 23.1 Å². The maximum absolute atomic E-state index is 13.8. The predicted molar refractivity (Wildman–Crippen MR) is 114 cm³/mol. The molecule has 1 aromatic carbocycles. The first-order chi connectivity index (χ1) is 15.7. The van der Waals surface area contributed by atoms with Crippen LogP contribution in [0.1, 0.15) is 48.1 Å². The monoisotopic (exact) mass is 451 g/mol. The van der Waals surface area contributed by atoms with E-state index >= 15 is 0 Å². The van der Waals surface area contributed by atoms with Crippen LogP contribution in [0.15, 0.2) is 30.6 Å². The maximum Gasteiger partial charge on any atom is 0.341 e. The molecular weight excluding hydrogens is 432 g/mol. The van der Waals surface area contributed by atoms with Gasteiger partial charge in [-0.3, -0.25) is 4.79 Å². The van der Waals surface area contributed by atoms with Crippen LogP contribution in [0.25, 0.3) is 16.7 Å². The van der Waals surface area contributed by atoms with Gasteiger partial charge in [0, 0.05) is 29.3 Å². The van der Waals surface area contributed by atoms with Crippen molar-refractivity contribution >= 4 is 28.6 Å². The van der Waals surface area contributed by atoms with Gasteiger partial charge >= 0.3 is 5.97 Å². The van der Waals surface area contributed by atoms with Gasteiger partial charge < -0.3 is 14.6 Å². The Morgan fingerprint density at radius 2 is 2.06 bits per heavy atom. The number of carbonyl (C=O) groups is 2. The minimum atomic E-state index is -1.15. The number of rotatable bonds is 3. The van der Waals surface area contributed by atoms with E-state index in [4.69, 9.17) is 10.00 Å². The van der Waals surface area contributed by atoms with Crippen molar-refractivity contribution in [1.29, 1.82) is 5.26 Å². The number of hydrogen-bond acceptors (Lipinski definition) is 6. The van der Waals surface area contributed by atoms with Gasteiger partial charge in [0.1, 0.15) is 11.6 Å². The fourth-order valence-corrected chi connectivity index (χ4v) is 3.93. The Bertz CT molecular complexity index is 1370. The van der Waals surface area contributed by atoms with Crippen LogP contribution >= 0.6 is 0 Å². The van der Waals surface area contributed by atoms with Gasteiger partial charge in [-0.05, 0) is 25.1 Å². The zero-order valence-electron chi connectivity index (χ0n) is 18.1. The number of carbonyl (C=O) groups excluding carboxylic acids is 2. The molecule has 3 heterocycles. The van der Waals surface area contributed by atoms with E-state index < -0.39 is 28.9 Å². The first-order valence-corrected chi connectivity index (χ1v) is 10.1. The summed E-state index contributed by atoms with van der Waals surface area (Å²) in [7, 11) is 0. The third kappa shape index (κ3) is 3.82. The molecule has 0 atom stereocenters. The van der Waals surface area contributed by atoms with Crippen molar-refractivity contribution in [3.8, 4) is 6.07 Å². The second-order valence-corrected chi connectivity index (χ2v) is 8.15. The second-order valence-electron chi connectivity index (χ2n) is 8.15. The number of halogens is 2. The van der Waals surface area contributed by atoms with E-state index in [1.807, 2.05) is 19.9 Å². The topological polar surface area (TPSA) is 112 Å². The van der Waals surface area contributed by atoms with Crippen LogP contribution < -0.4 is 0 Å². The summed E-state index contributed by atoms with van der Waals surface area (Å²) in [5.74, 6) is -3.52. The van der Waals surface area contributed by atoms with Crippen LogP contribution in [0.2, 0.25) is 0 Å². The van der Waals surface area contributed by atoms with Crippen LogP contribution in [0.4, 0.5) is 8.78 Å². The van der Waals surface area contributed by atoms with Gasteiger partial charge in [-0.15, -0.1) is 0 Å². The van der Waals surface area contributed by atoms with E-state index in [9.17, 15) is 18.4 Å². The highest BCUT2D eigenvalue weighted by Gasteiger charge is 2.38. The van der Waals surface area contributed by atoms with Gasteiger partial charge in [0.25, 0.3) is 5.91 Å². The second kappa shape index (κ2) is 8.09. The molecule has 0 radical (unpaired) electrons. The van der Waals surface area contributed by atoms with Gasteiger partial charge in [0.05, 0.1) is 24.1 Å². The molecule has 0 saturated carbocycles. The average molecular weight is 451 g/mol. The van der Waals surface area contributed by atoms with Crippen molar-refractivity contribution in [1.82, 2.24) is 19.9 Å². The number of esters is 1. The summed E-state index contributed by atoms with van der Waals surface area (Å²) in [6.07, 6.45) is 2.66. The highest BCUT2D eigenvalue weighted by Crippen LogP contribution is 2.39. The van der Waals surface area contributed by atoms with E-state index in [2.05, 4.69) is 15.0 Å². The fourth-order valence-electron chi connectivity index (χ4n) is 3.93. The van der Waals surface area contributed by atoms with Gasteiger partial charge in [0.15, 0.2) is 23.0 Å². The molecule has 8 nitrogen and oxygen atoms in total. The lowest BCUT2D eigenvalue weighted by molar-refractivity contribution is -0.136. The summed E-state index contributed by atoms with van der Waals surface area (Å²) in [5, 5.41) is 9.15. The number of nitrogens with one attached hydrogen (secondary N) is 1. The van der Waals surface area contributed by atoms with E-state index in [-0.39, 0.29) is 30.0 Å². The third-order valence-corrected chi connectivity index (χ3v) is 5.34. The average Bonchev–Trinajstić information content (AvgIpc) is 3.11. The normalized spacial score (nSPS) is 14.8. The minimum absolute atomic E-state index is 0.0478. The number of H-pyrrole nitrogens is 1. The standard InChI is InChI=1S/C23H19F2N5O3/c1-4-33-22(32)14-10-30(21(31)12-5-6-15(24)16(25)7-12)11-23(2,3)17-18(14)29-20-19(17)27-9-13(8-26)28-20/h5-7,9-10H,4,11H2,1-3H3,(H,28,29). The predicted octanol–water partition coefficient (Wildman–Crippen LogP) is 3.45. The Labute approximate surface area is 187 Å². The molecule has 0 bridgehead atoms. The summed E-state index contributed by atoms with van der Waals surface area (Å²) in [6, 6.07) is 4.80. The van der Waals surface area contributed by atoms with E-state index in [0.717, 1.165) is 12.1 Å². The lowest BCUT2D eigenvalue weighted by atomic mass is 9.83. The molecule has 3 aromatic rings. The quantitative estimate of drug-likeness (QED) is 0.611. The van der Waals surface area contributed by atoms with E-state index in [1.165, 1.54) is 23.4 Å². The molecule has 0 spiro atoms. The molecule has 1 N–H and O–H groups in total. The Kier molecular flexibility index (Phi) is 5.41. The van der Waals surface area contributed by atoms with Crippen molar-refractivity contribution in [3.63, 3.8) is 0 Å². The summed E-state index contributed by atoms with van der Waals surface area (Å²) >= 11 is 0. The molecule has 0 saturated heterocycles. The fraction of sp³-hybridized carbons (Fsp3) is 0.261. The number of hydrogen-bond donors (Lipinski definition) is 1. The molecule has 2 aromatic heterocycles. The van der Waals surface area contributed by atoms with Crippen molar-refractivity contribution in [2.45, 2.75) is 26.2 Å². The van der Waals surface area contributed by atoms with E-state index in [1.54, 1.807) is 6.92 Å². The summed E-state index contributed by atoms with van der Waals surface area (Å²) < 4.78 is 32.3. The van der Waals surface area contributed by atoms with Gasteiger partial charge in [-0.25, -0.2) is 23.5 Å². The maximum atomic E-state index is 13.8. The highest BCUT2D eigenvalue weighted by molar-refractivity contribution is 6.18. The van der Waals surface area contributed by atoms with Crippen molar-refractivity contribution in [2.75, 3.05) is 13.2 Å². The van der Waals surface area contributed by atoms with Crippen molar-refractivity contribution in [3.05, 3.63) is 64.7 Å². The Hall–Kier alpha value is -4.13. The zero-order valence-corrected chi connectivity index (χ0v) is 18.1. The number of aromatic amines is 1. The zero-order chi connectivity index (χ0) is 23.9. The number of amides is 1. The first-order valence-electron chi connectivity index (χ1n) is 10.1. The molecular formula is C23H19F2N5O3. The molecule has 4 rings (SSSR count). The lowest BCUT2D eigenvalue weighted by Gasteiger charge is -2.29. The molecule has 0 unspecified atom stereocenters. The van der Waals surface area contributed by atoms with Crippen molar-refractivity contribution in [2.24, 2.45) is 0 Å². The van der Waals surface area contributed by atoms with Gasteiger partial charge in [0.2, 0.25) is 0 Å². The van der Waals surface area contributed by atoms with Crippen LogP contribution in [0, 0.1) is 23.0 Å². The van der Waals surface area contributed by atoms with Gasteiger partial charge in [-0.1, -0.05) is 13.8 Å². The number of ether oxygens (including phenoxy) is 1. The number of benzene rings is 1. The highest BCUT2D eigenvalue weighted by atomic mass is 19.2. The first kappa shape index (κ1) is 22.1. The summed E-state index contributed by atoms with van der Waals surface area (Å²) in [5.41, 5.74) is 1.08. The molecule has 168 valence electrons. The molecule has 0 fully saturated rings. The Morgan fingerprint density at radius 1 is 1.30 bits per heavy atom. The molecule has 10 heteroatoms. The Balaban J connectivity index is 1.91. The SMILES string of the molecule is CCOC(=O)C1=CN(C(=O)c2ccc(F)c(F)c2)CC(C)(C)c2c1[nH]c1nc(C#N)cnc21. The summed E-state index contributed by atoms with van der Waals surface area (Å²) in [6.45, 7) is 5.55. The number of nitrogens with zero attached hydrogens (tertiary/aromatic N) is 4. The minimum Gasteiger partial charge on any atom is -0.462 e. The molecule has 1 aliphatic heterocycles. The van der Waals surface area contributed by atoms with Crippen LogP contribution in [0.3, 0.4) is 0 Å². The largest absolute Gasteiger partial charge is 0.462 e. The van der Waals surface area contributed by atoms with Crippen LogP contribution in [0.5, 0.6) is 0 Å². The molecule has 0 aliphatic carbocycles. The third-order valence-electron chi connectivity index (χ3n) is 5.34.